The number of carbonyl (C=O) groups excluding carboxylic acids is 1. The molecule has 0 radical (unpaired) electrons. The van der Waals surface area contributed by atoms with Crippen molar-refractivity contribution in [2.24, 2.45) is 5.73 Å². The molecule has 0 bridgehead atoms. The summed E-state index contributed by atoms with van der Waals surface area (Å²) in [6.45, 7) is 0. The Morgan fingerprint density at radius 1 is 1.89 bits per heavy atom. The van der Waals surface area contributed by atoms with Gasteiger partial charge >= 0.3 is 0 Å². The smallest absolute Gasteiger partial charge is 0.235 e. The lowest BCUT2D eigenvalue weighted by Crippen LogP contribution is -2.34. The van der Waals surface area contributed by atoms with E-state index in [1.54, 1.807) is 0 Å². The Labute approximate surface area is 61.9 Å². The summed E-state index contributed by atoms with van der Waals surface area (Å²) in [6, 6.07) is -0.681. The Morgan fingerprint density at radius 3 is 2.44 bits per heavy atom. The zero-order valence-electron chi connectivity index (χ0n) is 5.03. The van der Waals surface area contributed by atoms with E-state index in [-0.39, 0.29) is 5.75 Å². The summed E-state index contributed by atoms with van der Waals surface area (Å²) in [4.78, 5) is 10.6. The molecule has 3 nitrogen and oxygen atoms in total. The highest BCUT2D eigenvalue weighted by Crippen LogP contribution is 1.88. The first-order chi connectivity index (χ1) is 4.09. The first kappa shape index (κ1) is 9.13. The molecule has 0 spiro atoms. The van der Waals surface area contributed by atoms with Crippen molar-refractivity contribution in [1.29, 1.82) is 0 Å². The summed E-state index contributed by atoms with van der Waals surface area (Å²) in [7, 11) is -1.45. The van der Waals surface area contributed by atoms with Crippen molar-refractivity contribution in [3.8, 4) is 0 Å². The van der Waals surface area contributed by atoms with Gasteiger partial charge in [-0.25, -0.2) is 0 Å². The Kier molecular flexibility index (Phi) is 4.09. The Morgan fingerprint density at radius 2 is 2.33 bits per heavy atom. The summed E-state index contributed by atoms with van der Waals surface area (Å²) < 4.78 is 10.4. The van der Waals surface area contributed by atoms with Crippen LogP contribution in [0.1, 0.15) is 0 Å². The first-order valence-corrected chi connectivity index (χ1v) is 4.52. The minimum Gasteiger partial charge on any atom is -0.320 e. The van der Waals surface area contributed by atoms with Crippen LogP contribution in [-0.4, -0.2) is 27.4 Å². The maximum Gasteiger partial charge on any atom is 0.235 e. The number of rotatable bonds is 2. The second kappa shape index (κ2) is 4.03. The summed E-state index contributed by atoms with van der Waals surface area (Å²) in [6.07, 6.45) is 1.31. The molecule has 0 aromatic rings. The van der Waals surface area contributed by atoms with Gasteiger partial charge in [-0.15, -0.1) is 0 Å². The van der Waals surface area contributed by atoms with Crippen LogP contribution in [0.15, 0.2) is 0 Å². The largest absolute Gasteiger partial charge is 0.320 e. The third-order valence-corrected chi connectivity index (χ3v) is 2.05. The molecule has 1 unspecified atom stereocenters. The topological polar surface area (TPSA) is 60.2 Å². The fourth-order valence-corrected chi connectivity index (χ4v) is 1.09. The number of carbonyl (C=O) groups is 1. The van der Waals surface area contributed by atoms with Gasteiger partial charge in [0.1, 0.15) is 0 Å². The maximum absolute atomic E-state index is 10.6. The van der Waals surface area contributed by atoms with E-state index in [0.717, 1.165) is 0 Å². The van der Waals surface area contributed by atoms with Gasteiger partial charge < -0.3 is 5.73 Å². The first-order valence-electron chi connectivity index (χ1n) is 2.33. The molecule has 9 heavy (non-hydrogen) atoms. The standard InChI is InChI=1S/C4H9NO2S2/c1-9(7)4(6)3(5)2-8/h3,8H,2,5H2,1H3/t3-,9?/m0/s1. The van der Waals surface area contributed by atoms with E-state index >= 15 is 0 Å². The van der Waals surface area contributed by atoms with Crippen molar-refractivity contribution in [2.45, 2.75) is 6.04 Å². The van der Waals surface area contributed by atoms with Crippen LogP contribution >= 0.6 is 12.6 Å². The molecule has 2 N–H and O–H groups in total. The van der Waals surface area contributed by atoms with Gasteiger partial charge in [-0.1, -0.05) is 0 Å². The summed E-state index contributed by atoms with van der Waals surface area (Å²) in [5, 5.41) is -0.440. The average Bonchev–Trinajstić information content (AvgIpc) is 1.84. The highest BCUT2D eigenvalue weighted by Gasteiger charge is 2.14. The van der Waals surface area contributed by atoms with Crippen molar-refractivity contribution in [1.82, 2.24) is 0 Å². The molecular weight excluding hydrogens is 158 g/mol. The quantitative estimate of drug-likeness (QED) is 0.527. The predicted molar refractivity (Wildman–Crippen MR) is 40.9 cm³/mol. The van der Waals surface area contributed by atoms with E-state index in [0.29, 0.717) is 0 Å². The Hall–Kier alpha value is 0.130. The van der Waals surface area contributed by atoms with Crippen LogP contribution in [0.4, 0.5) is 0 Å². The maximum atomic E-state index is 10.6. The van der Waals surface area contributed by atoms with Crippen LogP contribution in [0.5, 0.6) is 0 Å². The summed E-state index contributed by atoms with van der Waals surface area (Å²) >= 11 is 3.77. The van der Waals surface area contributed by atoms with Gasteiger partial charge in [0.15, 0.2) is 0 Å². The molecule has 0 rings (SSSR count). The van der Waals surface area contributed by atoms with Gasteiger partial charge in [0.25, 0.3) is 0 Å². The molecule has 0 saturated carbocycles. The van der Waals surface area contributed by atoms with Gasteiger partial charge in [0.2, 0.25) is 5.12 Å². The molecule has 0 saturated heterocycles. The molecule has 0 fully saturated rings. The minimum atomic E-state index is -1.45. The zero-order chi connectivity index (χ0) is 7.44. The van der Waals surface area contributed by atoms with Gasteiger partial charge in [-0.2, -0.15) is 12.6 Å². The second-order valence-electron chi connectivity index (χ2n) is 1.56. The number of hydrogen-bond acceptors (Lipinski definition) is 4. The van der Waals surface area contributed by atoms with Gasteiger partial charge in [0.05, 0.1) is 16.8 Å². The number of hydrogen-bond donors (Lipinski definition) is 2. The molecule has 0 aromatic carbocycles. The Bertz CT molecular complexity index is 137. The molecule has 0 aliphatic carbocycles. The Balaban J connectivity index is 3.88. The van der Waals surface area contributed by atoms with Crippen LogP contribution in [0.25, 0.3) is 0 Å². The molecule has 0 aliphatic heterocycles. The normalized spacial score (nSPS) is 16.8. The van der Waals surface area contributed by atoms with Gasteiger partial charge in [-0.3, -0.25) is 9.00 Å². The molecule has 2 atom stereocenters. The van der Waals surface area contributed by atoms with Gasteiger partial charge in [0, 0.05) is 12.0 Å². The van der Waals surface area contributed by atoms with Crippen LogP contribution < -0.4 is 5.73 Å². The van der Waals surface area contributed by atoms with Gasteiger partial charge in [-0.05, 0) is 0 Å². The lowest BCUT2D eigenvalue weighted by Gasteiger charge is -2.01. The third kappa shape index (κ3) is 2.98. The van der Waals surface area contributed by atoms with Crippen LogP contribution in [0.3, 0.4) is 0 Å². The predicted octanol–water partition coefficient (Wildman–Crippen LogP) is -0.851. The molecule has 5 heteroatoms. The van der Waals surface area contributed by atoms with Crippen molar-refractivity contribution in [3.05, 3.63) is 0 Å². The van der Waals surface area contributed by atoms with Crippen molar-refractivity contribution in [3.63, 3.8) is 0 Å². The zero-order valence-corrected chi connectivity index (χ0v) is 6.74. The third-order valence-electron chi connectivity index (χ3n) is 0.783. The van der Waals surface area contributed by atoms with E-state index < -0.39 is 22.0 Å². The molecular formula is C4H9NO2S2. The molecule has 54 valence electrons. The summed E-state index contributed by atoms with van der Waals surface area (Å²) in [5.74, 6) is 0.248. The van der Waals surface area contributed by atoms with E-state index in [2.05, 4.69) is 12.6 Å². The highest BCUT2D eigenvalue weighted by atomic mass is 32.2. The average molecular weight is 167 g/mol. The van der Waals surface area contributed by atoms with Crippen LogP contribution in [-0.2, 0) is 15.6 Å². The molecule has 0 aromatic heterocycles. The van der Waals surface area contributed by atoms with Crippen molar-refractivity contribution in [2.75, 3.05) is 12.0 Å². The monoisotopic (exact) mass is 167 g/mol. The SMILES string of the molecule is CS(=O)C(=O)[C@@H](N)CS. The summed E-state index contributed by atoms with van der Waals surface area (Å²) in [5.41, 5.74) is 5.20. The fourth-order valence-electron chi connectivity index (χ4n) is 0.288. The van der Waals surface area contributed by atoms with Crippen molar-refractivity contribution < 1.29 is 9.00 Å². The van der Waals surface area contributed by atoms with Crippen LogP contribution in [0, 0.1) is 0 Å². The van der Waals surface area contributed by atoms with E-state index in [4.69, 9.17) is 5.73 Å². The van der Waals surface area contributed by atoms with Crippen LogP contribution in [0.2, 0.25) is 0 Å². The highest BCUT2D eigenvalue weighted by molar-refractivity contribution is 7.99. The lowest BCUT2D eigenvalue weighted by molar-refractivity contribution is -0.112. The lowest BCUT2D eigenvalue weighted by atomic mass is 10.4. The minimum absolute atomic E-state index is 0.248. The molecule has 0 amide bonds. The fraction of sp³-hybridized carbons (Fsp3) is 0.750. The van der Waals surface area contributed by atoms with Crippen molar-refractivity contribution >= 4 is 28.5 Å². The van der Waals surface area contributed by atoms with E-state index in [9.17, 15) is 9.00 Å². The molecule has 0 aliphatic rings. The molecule has 0 heterocycles. The second-order valence-corrected chi connectivity index (χ2v) is 3.24. The number of thiol groups is 1. The number of nitrogens with two attached hydrogens (primary N) is 1. The van der Waals surface area contributed by atoms with E-state index in [1.807, 2.05) is 0 Å². The van der Waals surface area contributed by atoms with E-state index in [1.165, 1.54) is 6.26 Å².